The van der Waals surface area contributed by atoms with Crippen LogP contribution in [0.15, 0.2) is 24.5 Å². The van der Waals surface area contributed by atoms with E-state index in [1.165, 1.54) is 13.3 Å². The van der Waals surface area contributed by atoms with Gasteiger partial charge in [0, 0.05) is 20.7 Å². The topological polar surface area (TPSA) is 89.0 Å². The average Bonchev–Trinajstić information content (AvgIpc) is 2.64. The number of amides is 1. The lowest BCUT2D eigenvalue weighted by Gasteiger charge is -2.23. The minimum atomic E-state index is -4.55. The zero-order chi connectivity index (χ0) is 20.9. The maximum absolute atomic E-state index is 14.1. The Labute approximate surface area is 161 Å². The van der Waals surface area contributed by atoms with Gasteiger partial charge in [0.2, 0.25) is 11.8 Å². The molecule has 2 aromatic rings. The smallest absolute Gasteiger partial charge is 0.405 e. The van der Waals surface area contributed by atoms with Crippen molar-refractivity contribution in [1.82, 2.24) is 20.3 Å². The maximum Gasteiger partial charge on any atom is 0.405 e. The largest absolute Gasteiger partial charge is 0.481 e. The summed E-state index contributed by atoms with van der Waals surface area (Å²) < 4.78 is 56.1. The van der Waals surface area contributed by atoms with E-state index in [-0.39, 0.29) is 14.5 Å². The summed E-state index contributed by atoms with van der Waals surface area (Å²) in [5.74, 6) is -2.02. The number of halogens is 4. The molecule has 28 heavy (non-hydrogen) atoms. The molecule has 0 unspecified atom stereocenters. The Morgan fingerprint density at radius 2 is 1.96 bits per heavy atom. The second kappa shape index (κ2) is 8.81. The highest BCUT2D eigenvalue weighted by Crippen LogP contribution is 2.21. The second-order valence-electron chi connectivity index (χ2n) is 6.18. The van der Waals surface area contributed by atoms with E-state index in [9.17, 15) is 22.4 Å². The first-order valence-corrected chi connectivity index (χ1v) is 8.24. The Kier molecular flexibility index (Phi) is 6.71. The van der Waals surface area contributed by atoms with Crippen LogP contribution in [0.2, 0.25) is 0 Å². The zero-order valence-corrected chi connectivity index (χ0v) is 15.3. The predicted octanol–water partition coefficient (Wildman–Crippen LogP) is 3.29. The summed E-state index contributed by atoms with van der Waals surface area (Å²) in [6.45, 7) is 1.74. The van der Waals surface area contributed by atoms with Crippen LogP contribution in [0.3, 0.4) is 0 Å². The van der Waals surface area contributed by atoms with Gasteiger partial charge in [-0.2, -0.15) is 13.2 Å². The summed E-state index contributed by atoms with van der Waals surface area (Å²) in [7, 11) is 1.45. The molecule has 0 saturated carbocycles. The van der Waals surface area contributed by atoms with Crippen molar-refractivity contribution in [3.63, 3.8) is 0 Å². The molecule has 1 amide bonds. The molecule has 0 fully saturated rings. The van der Waals surface area contributed by atoms with Gasteiger partial charge in [-0.3, -0.25) is 4.79 Å². The number of pyridine rings is 1. The van der Waals surface area contributed by atoms with Crippen LogP contribution in [-0.4, -0.2) is 46.7 Å². The number of hydrogen-bond donors (Lipinski definition) is 2. The Balaban J connectivity index is 0.00000420. The average molecular weight is 405 g/mol. The molecule has 2 heterocycles. The first-order chi connectivity index (χ1) is 13.1. The fraction of sp³-hybridized carbons (Fsp3) is 0.412. The maximum atomic E-state index is 14.1. The number of nitrogens with zero attached hydrogens (tertiary/aromatic N) is 3. The molecule has 0 radical (unpaired) electrons. The predicted molar refractivity (Wildman–Crippen MR) is 97.3 cm³/mol. The van der Waals surface area contributed by atoms with Gasteiger partial charge < -0.3 is 15.4 Å². The summed E-state index contributed by atoms with van der Waals surface area (Å²) >= 11 is 0. The van der Waals surface area contributed by atoms with Gasteiger partial charge >= 0.3 is 6.18 Å². The van der Waals surface area contributed by atoms with Gasteiger partial charge in [0.05, 0.1) is 13.3 Å². The van der Waals surface area contributed by atoms with Crippen molar-refractivity contribution in [3.8, 4) is 17.3 Å². The van der Waals surface area contributed by atoms with Crippen LogP contribution < -0.4 is 15.4 Å². The number of nitrogens with one attached hydrogen (secondary N) is 2. The molecule has 0 spiro atoms. The highest BCUT2D eigenvalue weighted by atomic mass is 19.4. The molecular formula is C17H23F4N5O2. The number of hydrogen-bond acceptors (Lipinski definition) is 6. The van der Waals surface area contributed by atoms with E-state index in [4.69, 9.17) is 4.74 Å². The Morgan fingerprint density at radius 3 is 2.50 bits per heavy atom. The number of carbonyl (C=O) groups excluding carboxylic acids is 1. The third kappa shape index (κ3) is 5.76. The number of carbonyl (C=O) groups is 1. The SMILES string of the molecule is COc1ccc(-c2ncc(F)c(N[C@@H](C(=O)NCC(F)(F)F)C(C)C)n2)cn1.[HH].[HH]. The molecular weight excluding hydrogens is 382 g/mol. The molecule has 0 aliphatic carbocycles. The van der Waals surface area contributed by atoms with E-state index in [1.54, 1.807) is 31.3 Å². The van der Waals surface area contributed by atoms with Crippen molar-refractivity contribution in [3.05, 3.63) is 30.3 Å². The molecule has 156 valence electrons. The minimum Gasteiger partial charge on any atom is -0.481 e. The highest BCUT2D eigenvalue weighted by Gasteiger charge is 2.31. The number of anilines is 1. The summed E-state index contributed by atoms with van der Waals surface area (Å²) in [5.41, 5.74) is 0.464. The van der Waals surface area contributed by atoms with Crippen molar-refractivity contribution < 1.29 is 29.9 Å². The Hall–Kier alpha value is -2.98. The molecule has 2 aromatic heterocycles. The van der Waals surface area contributed by atoms with Gasteiger partial charge in [0.25, 0.3) is 0 Å². The van der Waals surface area contributed by atoms with Crippen LogP contribution in [0.25, 0.3) is 11.4 Å². The third-order valence-corrected chi connectivity index (χ3v) is 3.65. The van der Waals surface area contributed by atoms with Crippen molar-refractivity contribution in [2.75, 3.05) is 19.0 Å². The normalized spacial score (nSPS) is 12.6. The van der Waals surface area contributed by atoms with Crippen LogP contribution in [-0.2, 0) is 4.79 Å². The van der Waals surface area contributed by atoms with Gasteiger partial charge in [-0.05, 0) is 12.0 Å². The monoisotopic (exact) mass is 405 g/mol. The van der Waals surface area contributed by atoms with E-state index >= 15 is 0 Å². The lowest BCUT2D eigenvalue weighted by molar-refractivity contribution is -0.139. The lowest BCUT2D eigenvalue weighted by Crippen LogP contribution is -2.46. The summed E-state index contributed by atoms with van der Waals surface area (Å²) in [6.07, 6.45) is -2.22. The van der Waals surface area contributed by atoms with E-state index in [0.717, 1.165) is 6.20 Å². The van der Waals surface area contributed by atoms with Gasteiger partial charge in [-0.1, -0.05) is 13.8 Å². The van der Waals surface area contributed by atoms with Crippen LogP contribution >= 0.6 is 0 Å². The van der Waals surface area contributed by atoms with E-state index < -0.39 is 36.4 Å². The first kappa shape index (κ1) is 21.3. The standard InChI is InChI=1S/C17H19F4N5O2.2H2/c1-9(2)13(16(27)24-8-17(19,20)21)25-15-11(18)7-23-14(26-15)10-4-5-12(28-3)22-6-10;;/h4-7,9,13H,8H2,1-3H3,(H,24,27)(H,23,25,26);2*1H/t13-;;/m1../s1. The highest BCUT2D eigenvalue weighted by molar-refractivity contribution is 5.84. The van der Waals surface area contributed by atoms with Crippen LogP contribution in [0.5, 0.6) is 5.88 Å². The van der Waals surface area contributed by atoms with Gasteiger partial charge in [-0.15, -0.1) is 0 Å². The molecule has 2 N–H and O–H groups in total. The fourth-order valence-electron chi connectivity index (χ4n) is 2.22. The molecule has 0 aromatic carbocycles. The van der Waals surface area contributed by atoms with Crippen LogP contribution in [0.4, 0.5) is 23.4 Å². The first-order valence-electron chi connectivity index (χ1n) is 8.24. The Bertz CT molecular complexity index is 823. The molecule has 2 rings (SSSR count). The van der Waals surface area contributed by atoms with Gasteiger partial charge in [0.1, 0.15) is 12.6 Å². The molecule has 11 heteroatoms. The van der Waals surface area contributed by atoms with Crippen LogP contribution in [0.1, 0.15) is 16.7 Å². The molecule has 7 nitrogen and oxygen atoms in total. The quantitative estimate of drug-likeness (QED) is 0.688. The van der Waals surface area contributed by atoms with Crippen LogP contribution in [0, 0.1) is 11.7 Å². The Morgan fingerprint density at radius 1 is 1.25 bits per heavy atom. The fourth-order valence-corrected chi connectivity index (χ4v) is 2.22. The van der Waals surface area contributed by atoms with E-state index in [0.29, 0.717) is 11.4 Å². The summed E-state index contributed by atoms with van der Waals surface area (Å²) in [6, 6.07) is 2.05. The van der Waals surface area contributed by atoms with Gasteiger partial charge in [-0.25, -0.2) is 19.3 Å². The number of methoxy groups -OCH3 is 1. The number of aromatic nitrogens is 3. The van der Waals surface area contributed by atoms with Gasteiger partial charge in [0.15, 0.2) is 17.5 Å². The number of alkyl halides is 3. The summed E-state index contributed by atoms with van der Waals surface area (Å²) in [5, 5.41) is 4.35. The van der Waals surface area contributed by atoms with Crippen molar-refractivity contribution >= 4 is 11.7 Å². The third-order valence-electron chi connectivity index (χ3n) is 3.65. The molecule has 0 saturated heterocycles. The zero-order valence-electron chi connectivity index (χ0n) is 15.3. The molecule has 0 aliphatic rings. The minimum absolute atomic E-state index is 0. The number of ether oxygens (including phenoxy) is 1. The van der Waals surface area contributed by atoms with E-state index in [2.05, 4.69) is 20.3 Å². The molecule has 1 atom stereocenters. The van der Waals surface area contributed by atoms with Crippen molar-refractivity contribution in [1.29, 1.82) is 0 Å². The van der Waals surface area contributed by atoms with Crippen molar-refractivity contribution in [2.45, 2.75) is 26.1 Å². The molecule has 0 aliphatic heterocycles. The lowest BCUT2D eigenvalue weighted by atomic mass is 10.0. The number of rotatable bonds is 7. The summed E-state index contributed by atoms with van der Waals surface area (Å²) in [4.78, 5) is 24.0. The second-order valence-corrected chi connectivity index (χ2v) is 6.18. The van der Waals surface area contributed by atoms with E-state index in [1.807, 2.05) is 0 Å². The molecule has 0 bridgehead atoms. The van der Waals surface area contributed by atoms with Crippen molar-refractivity contribution in [2.24, 2.45) is 5.92 Å².